The Morgan fingerprint density at radius 2 is 2.29 bits per heavy atom. The first-order chi connectivity index (χ1) is 6.63. The van der Waals surface area contributed by atoms with E-state index in [1.165, 1.54) is 17.2 Å². The minimum absolute atomic E-state index is 0.188. The zero-order chi connectivity index (χ0) is 10.6. The summed E-state index contributed by atoms with van der Waals surface area (Å²) < 4.78 is 0. The monoisotopic (exact) mass is 195 g/mol. The molecule has 0 aliphatic heterocycles. The molecule has 2 N–H and O–H groups in total. The number of anilines is 1. The van der Waals surface area contributed by atoms with Gasteiger partial charge in [0, 0.05) is 25.9 Å². The van der Waals surface area contributed by atoms with Gasteiger partial charge in [0.15, 0.2) is 0 Å². The highest BCUT2D eigenvalue weighted by molar-refractivity contribution is 5.88. The lowest BCUT2D eigenvalue weighted by atomic mass is 10.4. The van der Waals surface area contributed by atoms with Gasteiger partial charge < -0.3 is 15.2 Å². The molecule has 0 atom stereocenters. The Balaban J connectivity index is 2.65. The number of hydrogen-bond acceptors (Lipinski definition) is 2. The number of H-pyrrole nitrogens is 1. The second kappa shape index (κ2) is 4.45. The molecular weight excluding hydrogens is 182 g/mol. The number of hydrogen-bond donors (Lipinski definition) is 2. The van der Waals surface area contributed by atoms with Crippen LogP contribution in [-0.4, -0.2) is 29.5 Å². The van der Waals surface area contributed by atoms with Crippen molar-refractivity contribution >= 4 is 11.7 Å². The summed E-state index contributed by atoms with van der Waals surface area (Å²) in [5.41, 5.74) is 0.391. The molecule has 0 fully saturated rings. The highest BCUT2D eigenvalue weighted by atomic mass is 16.2. The first-order valence-corrected chi connectivity index (χ1v) is 4.34. The standard InChI is InChI=1S/C9H13N3O2/c1-3-12(2)9(14)11-7-4-5-8(13)10-6-7/h4-6H,3H2,1-2H3,(H,10,13)(H,11,14). The van der Waals surface area contributed by atoms with Crippen molar-refractivity contribution in [3.8, 4) is 0 Å². The Labute approximate surface area is 81.7 Å². The van der Waals surface area contributed by atoms with Crippen LogP contribution in [0.1, 0.15) is 6.92 Å². The zero-order valence-corrected chi connectivity index (χ0v) is 8.20. The predicted molar refractivity (Wildman–Crippen MR) is 54.4 cm³/mol. The highest BCUT2D eigenvalue weighted by Crippen LogP contribution is 2.01. The third-order valence-electron chi connectivity index (χ3n) is 1.86. The second-order valence-electron chi connectivity index (χ2n) is 2.89. The van der Waals surface area contributed by atoms with Gasteiger partial charge in [0.25, 0.3) is 0 Å². The summed E-state index contributed by atoms with van der Waals surface area (Å²) in [6.07, 6.45) is 1.46. The van der Waals surface area contributed by atoms with Crippen LogP contribution in [0.15, 0.2) is 23.1 Å². The van der Waals surface area contributed by atoms with Gasteiger partial charge in [-0.1, -0.05) is 0 Å². The Kier molecular flexibility index (Phi) is 3.28. The molecule has 0 unspecified atom stereocenters. The van der Waals surface area contributed by atoms with Crippen molar-refractivity contribution in [2.24, 2.45) is 0 Å². The summed E-state index contributed by atoms with van der Waals surface area (Å²) >= 11 is 0. The van der Waals surface area contributed by atoms with Crippen molar-refractivity contribution in [3.05, 3.63) is 28.7 Å². The van der Waals surface area contributed by atoms with E-state index >= 15 is 0 Å². The third kappa shape index (κ3) is 2.62. The molecule has 1 aromatic heterocycles. The smallest absolute Gasteiger partial charge is 0.321 e. The van der Waals surface area contributed by atoms with E-state index in [4.69, 9.17) is 0 Å². The minimum Gasteiger partial charge on any atom is -0.328 e. The van der Waals surface area contributed by atoms with Crippen LogP contribution >= 0.6 is 0 Å². The predicted octanol–water partition coefficient (Wildman–Crippen LogP) is 0.859. The molecule has 0 bridgehead atoms. The van der Waals surface area contributed by atoms with Crippen molar-refractivity contribution in [1.82, 2.24) is 9.88 Å². The van der Waals surface area contributed by atoms with Gasteiger partial charge in [-0.25, -0.2) is 4.79 Å². The van der Waals surface area contributed by atoms with Gasteiger partial charge >= 0.3 is 6.03 Å². The van der Waals surface area contributed by atoms with Crippen LogP contribution in [0.2, 0.25) is 0 Å². The van der Waals surface area contributed by atoms with E-state index < -0.39 is 0 Å². The number of pyridine rings is 1. The van der Waals surface area contributed by atoms with E-state index in [9.17, 15) is 9.59 Å². The van der Waals surface area contributed by atoms with Crippen molar-refractivity contribution in [3.63, 3.8) is 0 Å². The lowest BCUT2D eigenvalue weighted by Crippen LogP contribution is -2.31. The largest absolute Gasteiger partial charge is 0.328 e. The molecule has 14 heavy (non-hydrogen) atoms. The van der Waals surface area contributed by atoms with Gasteiger partial charge in [0.2, 0.25) is 5.56 Å². The summed E-state index contributed by atoms with van der Waals surface area (Å²) in [5.74, 6) is 0. The topological polar surface area (TPSA) is 65.2 Å². The molecule has 1 aromatic rings. The number of aromatic amines is 1. The van der Waals surface area contributed by atoms with E-state index in [-0.39, 0.29) is 11.6 Å². The fraction of sp³-hybridized carbons (Fsp3) is 0.333. The van der Waals surface area contributed by atoms with Crippen molar-refractivity contribution < 1.29 is 4.79 Å². The molecule has 0 aliphatic rings. The lowest BCUT2D eigenvalue weighted by Gasteiger charge is -2.14. The van der Waals surface area contributed by atoms with Gasteiger partial charge in [-0.2, -0.15) is 0 Å². The summed E-state index contributed by atoms with van der Waals surface area (Å²) in [6.45, 7) is 2.52. The number of amides is 2. The molecule has 1 rings (SSSR count). The Bertz CT molecular complexity index is 352. The Morgan fingerprint density at radius 3 is 2.79 bits per heavy atom. The molecule has 0 saturated carbocycles. The molecule has 1 heterocycles. The molecule has 0 radical (unpaired) electrons. The number of carbonyl (C=O) groups excluding carboxylic acids is 1. The maximum absolute atomic E-state index is 11.4. The van der Waals surface area contributed by atoms with Gasteiger partial charge in [0.05, 0.1) is 5.69 Å². The van der Waals surface area contributed by atoms with Crippen LogP contribution < -0.4 is 10.9 Å². The molecule has 5 nitrogen and oxygen atoms in total. The normalized spacial score (nSPS) is 9.57. The molecule has 76 valence electrons. The summed E-state index contributed by atoms with van der Waals surface area (Å²) in [4.78, 5) is 26.1. The number of carbonyl (C=O) groups is 1. The number of nitrogens with one attached hydrogen (secondary N) is 2. The number of urea groups is 1. The highest BCUT2D eigenvalue weighted by Gasteiger charge is 2.05. The van der Waals surface area contributed by atoms with E-state index in [0.717, 1.165) is 0 Å². The van der Waals surface area contributed by atoms with Crippen LogP contribution in [0, 0.1) is 0 Å². The van der Waals surface area contributed by atoms with Crippen LogP contribution in [-0.2, 0) is 0 Å². The first kappa shape index (κ1) is 10.3. The zero-order valence-electron chi connectivity index (χ0n) is 8.20. The van der Waals surface area contributed by atoms with Crippen molar-refractivity contribution in [1.29, 1.82) is 0 Å². The van der Waals surface area contributed by atoms with Crippen LogP contribution in [0.25, 0.3) is 0 Å². The maximum Gasteiger partial charge on any atom is 0.321 e. The maximum atomic E-state index is 11.4. The molecular formula is C9H13N3O2. The fourth-order valence-corrected chi connectivity index (χ4v) is 0.851. The summed E-state index contributed by atoms with van der Waals surface area (Å²) in [6, 6.07) is 2.72. The average molecular weight is 195 g/mol. The molecule has 0 saturated heterocycles. The molecule has 5 heteroatoms. The number of rotatable bonds is 2. The molecule has 0 aromatic carbocycles. The molecule has 2 amide bonds. The van der Waals surface area contributed by atoms with E-state index in [1.807, 2.05) is 6.92 Å². The lowest BCUT2D eigenvalue weighted by molar-refractivity contribution is 0.224. The minimum atomic E-state index is -0.195. The third-order valence-corrected chi connectivity index (χ3v) is 1.86. The summed E-state index contributed by atoms with van der Waals surface area (Å²) in [7, 11) is 1.70. The van der Waals surface area contributed by atoms with E-state index in [0.29, 0.717) is 12.2 Å². The van der Waals surface area contributed by atoms with Crippen molar-refractivity contribution in [2.45, 2.75) is 6.92 Å². The average Bonchev–Trinajstić information content (AvgIpc) is 2.20. The number of nitrogens with zero attached hydrogens (tertiary/aromatic N) is 1. The van der Waals surface area contributed by atoms with E-state index in [1.54, 1.807) is 13.1 Å². The van der Waals surface area contributed by atoms with Gasteiger partial charge in [-0.3, -0.25) is 4.79 Å². The van der Waals surface area contributed by atoms with Crippen LogP contribution in [0.5, 0.6) is 0 Å². The van der Waals surface area contributed by atoms with Crippen molar-refractivity contribution in [2.75, 3.05) is 18.9 Å². The van der Waals surface area contributed by atoms with Gasteiger partial charge in [0.1, 0.15) is 0 Å². The molecule has 0 spiro atoms. The Hall–Kier alpha value is -1.78. The SMILES string of the molecule is CCN(C)C(=O)Nc1ccc(=O)[nH]c1. The fourth-order valence-electron chi connectivity index (χ4n) is 0.851. The van der Waals surface area contributed by atoms with Gasteiger partial charge in [-0.05, 0) is 13.0 Å². The van der Waals surface area contributed by atoms with Gasteiger partial charge in [-0.15, -0.1) is 0 Å². The first-order valence-electron chi connectivity index (χ1n) is 4.34. The van der Waals surface area contributed by atoms with E-state index in [2.05, 4.69) is 10.3 Å². The summed E-state index contributed by atoms with van der Waals surface area (Å²) in [5, 5.41) is 2.64. The molecule has 0 aliphatic carbocycles. The van der Waals surface area contributed by atoms with Crippen LogP contribution in [0.3, 0.4) is 0 Å². The van der Waals surface area contributed by atoms with Crippen LogP contribution in [0.4, 0.5) is 10.5 Å². The second-order valence-corrected chi connectivity index (χ2v) is 2.89. The quantitative estimate of drug-likeness (QED) is 0.735. The number of aromatic nitrogens is 1. The Morgan fingerprint density at radius 1 is 1.57 bits per heavy atom.